The van der Waals surface area contributed by atoms with Gasteiger partial charge in [-0.05, 0) is 43.4 Å². The van der Waals surface area contributed by atoms with E-state index in [0.29, 0.717) is 22.7 Å². The van der Waals surface area contributed by atoms with Crippen LogP contribution in [0.3, 0.4) is 0 Å². The number of carboxylic acids is 1. The van der Waals surface area contributed by atoms with Crippen molar-refractivity contribution >= 4 is 40.0 Å². The molecule has 4 heterocycles. The second kappa shape index (κ2) is 9.47. The summed E-state index contributed by atoms with van der Waals surface area (Å²) in [4.78, 5) is 31.9. The van der Waals surface area contributed by atoms with E-state index >= 15 is 0 Å². The Labute approximate surface area is 191 Å². The van der Waals surface area contributed by atoms with Gasteiger partial charge in [0.15, 0.2) is 5.13 Å². The van der Waals surface area contributed by atoms with Gasteiger partial charge in [0.2, 0.25) is 5.95 Å². The highest BCUT2D eigenvalue weighted by Gasteiger charge is 2.24. The summed E-state index contributed by atoms with van der Waals surface area (Å²) in [5.41, 5.74) is 2.75. The predicted molar refractivity (Wildman–Crippen MR) is 126 cm³/mol. The highest BCUT2D eigenvalue weighted by molar-refractivity contribution is 7.17. The number of hydrogen-bond donors (Lipinski definition) is 3. The van der Waals surface area contributed by atoms with Crippen LogP contribution in [0.15, 0.2) is 24.5 Å². The summed E-state index contributed by atoms with van der Waals surface area (Å²) in [6.07, 6.45) is 5.53. The average Bonchev–Trinajstić information content (AvgIpc) is 3.13. The van der Waals surface area contributed by atoms with Gasteiger partial charge in [-0.25, -0.2) is 9.78 Å². The first-order valence-corrected chi connectivity index (χ1v) is 11.5. The first kappa shape index (κ1) is 21.9. The number of aryl methyl sites for hydroxylation is 1. The van der Waals surface area contributed by atoms with Crippen molar-refractivity contribution in [2.45, 2.75) is 40.2 Å². The van der Waals surface area contributed by atoms with Gasteiger partial charge in [-0.1, -0.05) is 25.2 Å². The van der Waals surface area contributed by atoms with Crippen LogP contribution in [0.4, 0.5) is 22.7 Å². The molecule has 1 aliphatic rings. The zero-order valence-corrected chi connectivity index (χ0v) is 19.2. The van der Waals surface area contributed by atoms with Gasteiger partial charge in [0, 0.05) is 37.6 Å². The summed E-state index contributed by atoms with van der Waals surface area (Å²) >= 11 is 1.08. The van der Waals surface area contributed by atoms with Gasteiger partial charge in [0.05, 0.1) is 5.69 Å². The number of anilines is 4. The smallest absolute Gasteiger partial charge is 0.347 e. The van der Waals surface area contributed by atoms with Gasteiger partial charge < -0.3 is 15.3 Å². The highest BCUT2D eigenvalue weighted by atomic mass is 32.1. The van der Waals surface area contributed by atoms with E-state index in [9.17, 15) is 9.90 Å². The van der Waals surface area contributed by atoms with Crippen molar-refractivity contribution in [1.82, 2.24) is 19.9 Å². The third-order valence-electron chi connectivity index (χ3n) is 5.15. The van der Waals surface area contributed by atoms with Crippen LogP contribution in [0.25, 0.3) is 0 Å². The number of aromatic carboxylic acids is 1. The number of fused-ring (bicyclic) bond motifs is 1. The first-order valence-electron chi connectivity index (χ1n) is 10.7. The molecule has 3 aromatic heterocycles. The van der Waals surface area contributed by atoms with Crippen LogP contribution in [-0.4, -0.2) is 44.1 Å². The molecule has 0 fully saturated rings. The van der Waals surface area contributed by atoms with E-state index in [0.717, 1.165) is 61.0 Å². The largest absolute Gasteiger partial charge is 0.477 e. The molecule has 1 aliphatic heterocycles. The number of carboxylic acid groups (broad SMARTS) is 1. The Hall–Kier alpha value is -3.27. The van der Waals surface area contributed by atoms with Crippen LogP contribution in [0.5, 0.6) is 0 Å². The second-order valence-electron chi connectivity index (χ2n) is 8.22. The Morgan fingerprint density at radius 3 is 2.72 bits per heavy atom. The fourth-order valence-corrected chi connectivity index (χ4v) is 4.42. The number of hydrogen-bond acceptors (Lipinski definition) is 9. The molecule has 0 aliphatic carbocycles. The quantitative estimate of drug-likeness (QED) is 0.463. The fraction of sp³-hybridized carbons (Fsp3) is 0.409. The maximum absolute atomic E-state index is 11.4. The van der Waals surface area contributed by atoms with Crippen LogP contribution in [-0.2, 0) is 13.0 Å². The first-order chi connectivity index (χ1) is 15.4. The molecule has 0 amide bonds. The summed E-state index contributed by atoms with van der Waals surface area (Å²) in [6, 6.07) is 4.02. The summed E-state index contributed by atoms with van der Waals surface area (Å²) in [7, 11) is 0. The molecular formula is C22H27N7O2S. The number of pyridine rings is 1. The van der Waals surface area contributed by atoms with Crippen molar-refractivity contribution in [2.24, 2.45) is 5.92 Å². The zero-order chi connectivity index (χ0) is 22.7. The Bertz CT molecular complexity index is 1100. The standard InChI is InChI=1S/C22H27N7O2S/c1-13(2)11-24-18-16-5-4-10-29(12-15-6-8-23-9-7-15)19(16)27-21(26-18)28-22-25-14(3)17(32-22)20(30)31/h6-9,13H,4-5,10-12H2,1-3H3,(H,30,31)(H2,24,25,26,27,28). The molecule has 0 aromatic carbocycles. The Balaban J connectivity index is 1.69. The van der Waals surface area contributed by atoms with Crippen LogP contribution < -0.4 is 15.5 Å². The monoisotopic (exact) mass is 453 g/mol. The summed E-state index contributed by atoms with van der Waals surface area (Å²) < 4.78 is 0. The maximum Gasteiger partial charge on any atom is 0.347 e. The van der Waals surface area contributed by atoms with Crippen LogP contribution in [0, 0.1) is 12.8 Å². The lowest BCUT2D eigenvalue weighted by atomic mass is 10.0. The third-order valence-corrected chi connectivity index (χ3v) is 6.21. The van der Waals surface area contributed by atoms with Crippen molar-refractivity contribution < 1.29 is 9.90 Å². The van der Waals surface area contributed by atoms with Crippen LogP contribution >= 0.6 is 11.3 Å². The molecule has 10 heteroatoms. The minimum Gasteiger partial charge on any atom is -0.477 e. The molecule has 32 heavy (non-hydrogen) atoms. The van der Waals surface area contributed by atoms with Gasteiger partial charge in [-0.3, -0.25) is 10.3 Å². The van der Waals surface area contributed by atoms with Crippen LogP contribution in [0.1, 0.15) is 46.8 Å². The van der Waals surface area contributed by atoms with Gasteiger partial charge in [-0.2, -0.15) is 9.97 Å². The van der Waals surface area contributed by atoms with Gasteiger partial charge in [0.1, 0.15) is 16.5 Å². The fourth-order valence-electron chi connectivity index (χ4n) is 3.63. The van der Waals surface area contributed by atoms with Crippen molar-refractivity contribution in [3.63, 3.8) is 0 Å². The van der Waals surface area contributed by atoms with Crippen molar-refractivity contribution in [3.8, 4) is 0 Å². The molecule has 0 atom stereocenters. The van der Waals surface area contributed by atoms with E-state index in [1.807, 2.05) is 12.1 Å². The number of aromatic nitrogens is 4. The topological polar surface area (TPSA) is 116 Å². The van der Waals surface area contributed by atoms with Gasteiger partial charge in [-0.15, -0.1) is 0 Å². The SMILES string of the molecule is Cc1nc(Nc2nc(NCC(C)C)c3c(n2)N(Cc2ccncc2)CCC3)sc1C(=O)O. The number of carbonyl (C=O) groups is 1. The number of nitrogens with zero attached hydrogens (tertiary/aromatic N) is 5. The van der Waals surface area contributed by atoms with E-state index in [1.165, 1.54) is 5.56 Å². The van der Waals surface area contributed by atoms with E-state index in [1.54, 1.807) is 19.3 Å². The van der Waals surface area contributed by atoms with Crippen molar-refractivity contribution in [1.29, 1.82) is 0 Å². The molecule has 3 aromatic rings. The lowest BCUT2D eigenvalue weighted by Crippen LogP contribution is -2.31. The lowest BCUT2D eigenvalue weighted by Gasteiger charge is -2.31. The average molecular weight is 454 g/mol. The highest BCUT2D eigenvalue weighted by Crippen LogP contribution is 2.34. The molecule has 0 spiro atoms. The van der Waals surface area contributed by atoms with Gasteiger partial charge >= 0.3 is 5.97 Å². The maximum atomic E-state index is 11.4. The number of thiazole rings is 1. The molecule has 168 valence electrons. The Morgan fingerprint density at radius 2 is 2.03 bits per heavy atom. The Morgan fingerprint density at radius 1 is 1.25 bits per heavy atom. The molecule has 0 saturated heterocycles. The predicted octanol–water partition coefficient (Wildman–Crippen LogP) is 4.10. The summed E-state index contributed by atoms with van der Waals surface area (Å²) in [5.74, 6) is 1.60. The number of nitrogens with one attached hydrogen (secondary N) is 2. The second-order valence-corrected chi connectivity index (χ2v) is 9.22. The third kappa shape index (κ3) is 4.96. The normalized spacial score (nSPS) is 13.2. The minimum atomic E-state index is -0.984. The Kier molecular flexibility index (Phi) is 6.50. The molecule has 4 rings (SSSR count). The van der Waals surface area contributed by atoms with E-state index in [-0.39, 0.29) is 4.88 Å². The number of rotatable bonds is 8. The van der Waals surface area contributed by atoms with Crippen molar-refractivity contribution in [3.05, 3.63) is 46.2 Å². The molecule has 0 bridgehead atoms. The molecule has 0 saturated carbocycles. The van der Waals surface area contributed by atoms with Crippen molar-refractivity contribution in [2.75, 3.05) is 28.6 Å². The zero-order valence-electron chi connectivity index (χ0n) is 18.4. The van der Waals surface area contributed by atoms with Crippen LogP contribution in [0.2, 0.25) is 0 Å². The van der Waals surface area contributed by atoms with E-state index in [2.05, 4.69) is 39.3 Å². The molecule has 3 N–H and O–H groups in total. The molecular weight excluding hydrogens is 426 g/mol. The minimum absolute atomic E-state index is 0.211. The van der Waals surface area contributed by atoms with Gasteiger partial charge in [0.25, 0.3) is 0 Å². The summed E-state index contributed by atoms with van der Waals surface area (Å²) in [5, 5.41) is 16.4. The van der Waals surface area contributed by atoms with E-state index < -0.39 is 5.97 Å². The summed E-state index contributed by atoms with van der Waals surface area (Å²) in [6.45, 7) is 8.42. The molecule has 0 radical (unpaired) electrons. The van der Waals surface area contributed by atoms with E-state index in [4.69, 9.17) is 9.97 Å². The lowest BCUT2D eigenvalue weighted by molar-refractivity contribution is 0.0701. The molecule has 0 unspecified atom stereocenters. The molecule has 9 nitrogen and oxygen atoms in total.